The lowest BCUT2D eigenvalue weighted by molar-refractivity contribution is 0.156. The minimum atomic E-state index is -1.11. The molecule has 0 aromatic heterocycles. The van der Waals surface area contributed by atoms with Gasteiger partial charge in [-0.05, 0) is 6.92 Å². The average Bonchev–Trinajstić information content (AvgIpc) is 1.88. The summed E-state index contributed by atoms with van der Waals surface area (Å²) < 4.78 is 4.66. The Balaban J connectivity index is 3.55. The first kappa shape index (κ1) is 8.74. The maximum atomic E-state index is 10.1. The van der Waals surface area contributed by atoms with Crippen molar-refractivity contribution < 1.29 is 14.6 Å². The monoisotopic (exact) mass is 146 g/mol. The summed E-state index contributed by atoms with van der Waals surface area (Å²) in [6, 6.07) is 0. The van der Waals surface area contributed by atoms with Crippen LogP contribution in [0.3, 0.4) is 0 Å². The van der Waals surface area contributed by atoms with Crippen molar-refractivity contribution in [1.82, 2.24) is 5.01 Å². The molecule has 0 spiro atoms. The van der Waals surface area contributed by atoms with Crippen LogP contribution in [0.1, 0.15) is 6.92 Å². The number of carbonyl (C=O) groups is 1. The third-order valence-electron chi connectivity index (χ3n) is 0.738. The Morgan fingerprint density at radius 1 is 1.90 bits per heavy atom. The molecule has 5 heteroatoms. The summed E-state index contributed by atoms with van der Waals surface area (Å²) in [7, 11) is 1.32. The van der Waals surface area contributed by atoms with Gasteiger partial charge in [-0.1, -0.05) is 0 Å². The fraction of sp³-hybridized carbons (Fsp3) is 0.600. The van der Waals surface area contributed by atoms with Gasteiger partial charge in [-0.2, -0.15) is 5.01 Å². The van der Waals surface area contributed by atoms with Gasteiger partial charge in [0.15, 0.2) is 6.40 Å². The van der Waals surface area contributed by atoms with Crippen LogP contribution in [0.15, 0.2) is 5.10 Å². The van der Waals surface area contributed by atoms with E-state index in [1.54, 1.807) is 6.92 Å². The minimum Gasteiger partial charge on any atom is -0.482 e. The highest BCUT2D eigenvalue weighted by Gasteiger charge is 1.99. The largest absolute Gasteiger partial charge is 0.482 e. The van der Waals surface area contributed by atoms with Gasteiger partial charge in [0.2, 0.25) is 0 Å². The van der Waals surface area contributed by atoms with E-state index in [4.69, 9.17) is 5.11 Å². The van der Waals surface area contributed by atoms with Crippen LogP contribution in [0, 0.1) is 0 Å². The number of hydrazone groups is 1. The molecule has 0 heterocycles. The highest BCUT2D eigenvalue weighted by molar-refractivity contribution is 5.65. The summed E-state index contributed by atoms with van der Waals surface area (Å²) >= 11 is 0. The van der Waals surface area contributed by atoms with E-state index in [-0.39, 0.29) is 0 Å². The van der Waals surface area contributed by atoms with E-state index in [1.807, 2.05) is 0 Å². The van der Waals surface area contributed by atoms with Crippen molar-refractivity contribution in [2.24, 2.45) is 5.10 Å². The zero-order valence-corrected chi connectivity index (χ0v) is 5.94. The first-order chi connectivity index (χ1) is 4.68. The first-order valence-electron chi connectivity index (χ1n) is 2.79. The molecule has 0 atom stereocenters. The zero-order chi connectivity index (χ0) is 7.98. The SMILES string of the molecule is CCO/C=N\N(C)C(=O)O. The summed E-state index contributed by atoms with van der Waals surface area (Å²) in [6.45, 7) is 2.27. The summed E-state index contributed by atoms with van der Waals surface area (Å²) in [5, 5.41) is 12.4. The maximum absolute atomic E-state index is 10.1. The second kappa shape index (κ2) is 4.60. The molecule has 1 amide bonds. The van der Waals surface area contributed by atoms with Gasteiger partial charge in [0, 0.05) is 7.05 Å². The summed E-state index contributed by atoms with van der Waals surface area (Å²) in [5.41, 5.74) is 0. The van der Waals surface area contributed by atoms with Crippen LogP contribution < -0.4 is 0 Å². The van der Waals surface area contributed by atoms with Crippen molar-refractivity contribution in [1.29, 1.82) is 0 Å². The van der Waals surface area contributed by atoms with Crippen molar-refractivity contribution in [3.63, 3.8) is 0 Å². The summed E-state index contributed by atoms with van der Waals surface area (Å²) in [6.07, 6.45) is -0.0235. The molecule has 0 rings (SSSR count). The van der Waals surface area contributed by atoms with Gasteiger partial charge < -0.3 is 9.84 Å². The number of nitrogens with zero attached hydrogens (tertiary/aromatic N) is 2. The van der Waals surface area contributed by atoms with Crippen molar-refractivity contribution >= 4 is 12.5 Å². The van der Waals surface area contributed by atoms with Gasteiger partial charge in [-0.3, -0.25) is 0 Å². The molecule has 0 aliphatic heterocycles. The van der Waals surface area contributed by atoms with Gasteiger partial charge in [-0.25, -0.2) is 4.79 Å². The van der Waals surface area contributed by atoms with Crippen LogP contribution >= 0.6 is 0 Å². The van der Waals surface area contributed by atoms with E-state index in [0.29, 0.717) is 6.61 Å². The molecular formula is C5H10N2O3. The Kier molecular flexibility index (Phi) is 4.02. The molecule has 0 saturated carbocycles. The molecule has 10 heavy (non-hydrogen) atoms. The Bertz CT molecular complexity index is 135. The molecule has 0 aromatic rings. The topological polar surface area (TPSA) is 62.1 Å². The lowest BCUT2D eigenvalue weighted by atomic mass is 10.9. The Labute approximate surface area is 58.9 Å². The van der Waals surface area contributed by atoms with E-state index in [1.165, 1.54) is 7.05 Å². The van der Waals surface area contributed by atoms with E-state index in [0.717, 1.165) is 11.4 Å². The fourth-order valence-electron chi connectivity index (χ4n) is 0.228. The summed E-state index contributed by atoms with van der Waals surface area (Å²) in [5.74, 6) is 0. The molecule has 5 nitrogen and oxygen atoms in total. The quantitative estimate of drug-likeness (QED) is 0.360. The second-order valence-corrected chi connectivity index (χ2v) is 1.48. The highest BCUT2D eigenvalue weighted by atomic mass is 16.5. The number of carboxylic acid groups (broad SMARTS) is 1. The third-order valence-corrected chi connectivity index (χ3v) is 0.738. The predicted octanol–water partition coefficient (Wildman–Crippen LogP) is 0.576. The molecular weight excluding hydrogens is 136 g/mol. The van der Waals surface area contributed by atoms with Crippen molar-refractivity contribution in [2.75, 3.05) is 13.7 Å². The minimum absolute atomic E-state index is 0.483. The van der Waals surface area contributed by atoms with Crippen LogP contribution in [0.25, 0.3) is 0 Å². The average molecular weight is 146 g/mol. The number of rotatable bonds is 3. The molecule has 1 N–H and O–H groups in total. The summed E-state index contributed by atoms with van der Waals surface area (Å²) in [4.78, 5) is 10.1. The van der Waals surface area contributed by atoms with Crippen LogP contribution in [-0.4, -0.2) is 36.3 Å². The van der Waals surface area contributed by atoms with Crippen LogP contribution in [0.2, 0.25) is 0 Å². The molecule has 0 aliphatic carbocycles. The van der Waals surface area contributed by atoms with Crippen LogP contribution in [0.5, 0.6) is 0 Å². The van der Waals surface area contributed by atoms with Crippen molar-refractivity contribution in [3.05, 3.63) is 0 Å². The van der Waals surface area contributed by atoms with E-state index in [9.17, 15) is 4.79 Å². The molecule has 0 radical (unpaired) electrons. The van der Waals surface area contributed by atoms with Gasteiger partial charge in [0.25, 0.3) is 0 Å². The van der Waals surface area contributed by atoms with E-state index < -0.39 is 6.09 Å². The molecule has 0 aliphatic rings. The number of amides is 1. The lowest BCUT2D eigenvalue weighted by Gasteiger charge is -2.02. The lowest BCUT2D eigenvalue weighted by Crippen LogP contribution is -2.18. The normalized spacial score (nSPS) is 9.80. The first-order valence-corrected chi connectivity index (χ1v) is 2.79. The zero-order valence-electron chi connectivity index (χ0n) is 5.94. The predicted molar refractivity (Wildman–Crippen MR) is 35.9 cm³/mol. The molecule has 0 unspecified atom stereocenters. The molecule has 0 saturated heterocycles. The van der Waals surface area contributed by atoms with Crippen LogP contribution in [-0.2, 0) is 4.74 Å². The Hall–Kier alpha value is -1.26. The highest BCUT2D eigenvalue weighted by Crippen LogP contribution is 1.81. The molecule has 0 aromatic carbocycles. The standard InChI is InChI=1S/C5H10N2O3/c1-3-10-4-6-7(2)5(8)9/h4H,3H2,1-2H3,(H,8,9)/b6-4-. The number of ether oxygens (including phenoxy) is 1. The van der Waals surface area contributed by atoms with Gasteiger partial charge in [0.1, 0.15) is 0 Å². The van der Waals surface area contributed by atoms with Gasteiger partial charge >= 0.3 is 6.09 Å². The fourth-order valence-corrected chi connectivity index (χ4v) is 0.228. The van der Waals surface area contributed by atoms with Crippen LogP contribution in [0.4, 0.5) is 4.79 Å². The Morgan fingerprint density at radius 3 is 2.90 bits per heavy atom. The smallest absolute Gasteiger partial charge is 0.427 e. The van der Waals surface area contributed by atoms with E-state index >= 15 is 0 Å². The number of hydrogen-bond acceptors (Lipinski definition) is 3. The third kappa shape index (κ3) is 3.71. The maximum Gasteiger partial charge on any atom is 0.427 e. The van der Waals surface area contributed by atoms with Crippen molar-refractivity contribution in [3.8, 4) is 0 Å². The molecule has 0 fully saturated rings. The van der Waals surface area contributed by atoms with Crippen molar-refractivity contribution in [2.45, 2.75) is 6.92 Å². The molecule has 58 valence electrons. The molecule has 0 bridgehead atoms. The second-order valence-electron chi connectivity index (χ2n) is 1.48. The number of hydrogen-bond donors (Lipinski definition) is 1. The Morgan fingerprint density at radius 2 is 2.50 bits per heavy atom. The van der Waals surface area contributed by atoms with E-state index in [2.05, 4.69) is 9.84 Å². The van der Waals surface area contributed by atoms with Gasteiger partial charge in [0.05, 0.1) is 6.61 Å². The van der Waals surface area contributed by atoms with Gasteiger partial charge in [-0.15, -0.1) is 5.10 Å².